The van der Waals surface area contributed by atoms with Crippen molar-refractivity contribution < 1.29 is 9.18 Å². The molecule has 0 saturated heterocycles. The van der Waals surface area contributed by atoms with Gasteiger partial charge in [0.05, 0.1) is 0 Å². The molecule has 3 nitrogen and oxygen atoms in total. The summed E-state index contributed by atoms with van der Waals surface area (Å²) < 4.78 is 12.6. The van der Waals surface area contributed by atoms with Crippen LogP contribution in [0.1, 0.15) is 18.9 Å². The lowest BCUT2D eigenvalue weighted by atomic mass is 10.1. The van der Waals surface area contributed by atoms with E-state index in [0.717, 1.165) is 5.56 Å². The molecule has 0 aromatic heterocycles. The van der Waals surface area contributed by atoms with Crippen LogP contribution in [-0.4, -0.2) is 12.5 Å². The van der Waals surface area contributed by atoms with Crippen LogP contribution in [0, 0.1) is 11.7 Å². The van der Waals surface area contributed by atoms with E-state index in [4.69, 9.17) is 5.73 Å². The van der Waals surface area contributed by atoms with Crippen LogP contribution in [0.15, 0.2) is 24.3 Å². The lowest BCUT2D eigenvalue weighted by Gasteiger charge is -2.09. The predicted octanol–water partition coefficient (Wildman–Crippen LogP) is 1.43. The minimum Gasteiger partial charge on any atom is -0.352 e. The smallest absolute Gasteiger partial charge is 0.220 e. The van der Waals surface area contributed by atoms with E-state index in [1.54, 1.807) is 12.1 Å². The van der Waals surface area contributed by atoms with Gasteiger partial charge in [-0.25, -0.2) is 4.39 Å². The number of halogens is 1. The zero-order valence-electron chi connectivity index (χ0n) is 9.37. The van der Waals surface area contributed by atoms with Crippen molar-refractivity contribution in [2.24, 2.45) is 11.7 Å². The molecule has 16 heavy (non-hydrogen) atoms. The number of carbonyl (C=O) groups excluding carboxylic acids is 1. The minimum atomic E-state index is -0.271. The summed E-state index contributed by atoms with van der Waals surface area (Å²) in [6.07, 6.45) is 0.428. The molecule has 1 atom stereocenters. The molecule has 1 aromatic rings. The largest absolute Gasteiger partial charge is 0.352 e. The first-order chi connectivity index (χ1) is 7.61. The van der Waals surface area contributed by atoms with Crippen molar-refractivity contribution in [2.45, 2.75) is 19.9 Å². The number of benzene rings is 1. The van der Waals surface area contributed by atoms with Gasteiger partial charge in [0.1, 0.15) is 5.82 Å². The fourth-order valence-corrected chi connectivity index (χ4v) is 1.27. The minimum absolute atomic E-state index is 0.0257. The molecule has 0 aliphatic heterocycles. The fraction of sp³-hybridized carbons (Fsp3) is 0.417. The second kappa shape index (κ2) is 6.23. The van der Waals surface area contributed by atoms with Gasteiger partial charge >= 0.3 is 0 Å². The van der Waals surface area contributed by atoms with E-state index in [9.17, 15) is 9.18 Å². The molecule has 0 spiro atoms. The summed E-state index contributed by atoms with van der Waals surface area (Å²) in [5.74, 6) is -0.109. The number of nitrogens with one attached hydrogen (secondary N) is 1. The third-order valence-corrected chi connectivity index (χ3v) is 2.34. The van der Waals surface area contributed by atoms with Crippen LogP contribution in [0.5, 0.6) is 0 Å². The molecule has 0 radical (unpaired) electrons. The van der Waals surface area contributed by atoms with Crippen molar-refractivity contribution in [2.75, 3.05) is 6.54 Å². The maximum Gasteiger partial charge on any atom is 0.220 e. The first kappa shape index (κ1) is 12.6. The van der Waals surface area contributed by atoms with Gasteiger partial charge < -0.3 is 11.1 Å². The van der Waals surface area contributed by atoms with Crippen LogP contribution in [0.2, 0.25) is 0 Å². The van der Waals surface area contributed by atoms with E-state index in [0.29, 0.717) is 19.5 Å². The number of carbonyl (C=O) groups is 1. The van der Waals surface area contributed by atoms with Crippen LogP contribution in [0.3, 0.4) is 0 Å². The Morgan fingerprint density at radius 2 is 2.06 bits per heavy atom. The summed E-state index contributed by atoms with van der Waals surface area (Å²) in [7, 11) is 0. The van der Waals surface area contributed by atoms with Crippen molar-refractivity contribution in [1.29, 1.82) is 0 Å². The molecule has 0 unspecified atom stereocenters. The van der Waals surface area contributed by atoms with Crippen molar-refractivity contribution in [3.8, 4) is 0 Å². The Bertz CT molecular complexity index is 337. The summed E-state index contributed by atoms with van der Waals surface area (Å²) in [5, 5.41) is 2.77. The molecular formula is C12H17FN2O. The van der Waals surface area contributed by atoms with E-state index in [1.165, 1.54) is 12.1 Å². The molecule has 1 rings (SSSR count). The van der Waals surface area contributed by atoms with E-state index >= 15 is 0 Å². The molecule has 0 bridgehead atoms. The van der Waals surface area contributed by atoms with Gasteiger partial charge in [0.15, 0.2) is 0 Å². The summed E-state index contributed by atoms with van der Waals surface area (Å²) in [6, 6.07) is 6.07. The maximum absolute atomic E-state index is 12.6. The Morgan fingerprint density at radius 3 is 2.62 bits per heavy atom. The molecule has 1 aromatic carbocycles. The lowest BCUT2D eigenvalue weighted by molar-refractivity contribution is -0.122. The summed E-state index contributed by atoms with van der Waals surface area (Å²) >= 11 is 0. The number of amides is 1. The van der Waals surface area contributed by atoms with Crippen LogP contribution in [0.4, 0.5) is 4.39 Å². The molecule has 0 saturated carbocycles. The zero-order valence-corrected chi connectivity index (χ0v) is 9.37. The topological polar surface area (TPSA) is 55.1 Å². The molecule has 3 N–H and O–H groups in total. The second-order valence-electron chi connectivity index (χ2n) is 3.95. The van der Waals surface area contributed by atoms with Crippen molar-refractivity contribution in [1.82, 2.24) is 5.32 Å². The molecule has 0 fully saturated rings. The highest BCUT2D eigenvalue weighted by molar-refractivity contribution is 5.76. The number of hydrogen-bond acceptors (Lipinski definition) is 2. The Balaban J connectivity index is 2.34. The van der Waals surface area contributed by atoms with Gasteiger partial charge in [-0.1, -0.05) is 19.1 Å². The van der Waals surface area contributed by atoms with Crippen LogP contribution >= 0.6 is 0 Å². The normalized spacial score (nSPS) is 12.2. The molecule has 1 amide bonds. The number of hydrogen-bond donors (Lipinski definition) is 2. The third-order valence-electron chi connectivity index (χ3n) is 2.34. The SMILES string of the molecule is C[C@H](CN)CC(=O)NCc1ccc(F)cc1. The fourth-order valence-electron chi connectivity index (χ4n) is 1.27. The Morgan fingerprint density at radius 1 is 1.44 bits per heavy atom. The van der Waals surface area contributed by atoms with Crippen molar-refractivity contribution >= 4 is 5.91 Å². The Kier molecular flexibility index (Phi) is 4.92. The van der Waals surface area contributed by atoms with E-state index in [-0.39, 0.29) is 17.6 Å². The maximum atomic E-state index is 12.6. The van der Waals surface area contributed by atoms with Crippen LogP contribution < -0.4 is 11.1 Å². The van der Waals surface area contributed by atoms with Gasteiger partial charge in [-0.3, -0.25) is 4.79 Å². The van der Waals surface area contributed by atoms with Gasteiger partial charge in [-0.2, -0.15) is 0 Å². The molecule has 0 aliphatic rings. The Hall–Kier alpha value is -1.42. The molecule has 0 heterocycles. The van der Waals surface area contributed by atoms with Crippen LogP contribution in [0.25, 0.3) is 0 Å². The third kappa shape index (κ3) is 4.40. The first-order valence-corrected chi connectivity index (χ1v) is 5.33. The molecule has 4 heteroatoms. The van der Waals surface area contributed by atoms with Gasteiger partial charge in [-0.15, -0.1) is 0 Å². The summed E-state index contributed by atoms with van der Waals surface area (Å²) in [5.41, 5.74) is 6.31. The predicted molar refractivity (Wildman–Crippen MR) is 61.1 cm³/mol. The zero-order chi connectivity index (χ0) is 12.0. The standard InChI is InChI=1S/C12H17FN2O/c1-9(7-14)6-12(16)15-8-10-2-4-11(13)5-3-10/h2-5,9H,6-8,14H2,1H3,(H,15,16)/t9-/m0/s1. The average molecular weight is 224 g/mol. The average Bonchev–Trinajstić information content (AvgIpc) is 2.28. The van der Waals surface area contributed by atoms with Crippen molar-refractivity contribution in [3.63, 3.8) is 0 Å². The van der Waals surface area contributed by atoms with Gasteiger partial charge in [0.2, 0.25) is 5.91 Å². The van der Waals surface area contributed by atoms with E-state index in [1.807, 2.05) is 6.92 Å². The highest BCUT2D eigenvalue weighted by Crippen LogP contribution is 2.03. The lowest BCUT2D eigenvalue weighted by Crippen LogP contribution is -2.26. The number of nitrogens with two attached hydrogens (primary N) is 1. The molecule has 0 aliphatic carbocycles. The highest BCUT2D eigenvalue weighted by atomic mass is 19.1. The van der Waals surface area contributed by atoms with Crippen LogP contribution in [-0.2, 0) is 11.3 Å². The van der Waals surface area contributed by atoms with Gasteiger partial charge in [0.25, 0.3) is 0 Å². The monoisotopic (exact) mass is 224 g/mol. The van der Waals surface area contributed by atoms with E-state index in [2.05, 4.69) is 5.32 Å². The van der Waals surface area contributed by atoms with Crippen molar-refractivity contribution in [3.05, 3.63) is 35.6 Å². The Labute approximate surface area is 94.8 Å². The van der Waals surface area contributed by atoms with Gasteiger partial charge in [0, 0.05) is 13.0 Å². The number of rotatable bonds is 5. The summed E-state index contributed by atoms with van der Waals surface area (Å²) in [6.45, 7) is 2.86. The highest BCUT2D eigenvalue weighted by Gasteiger charge is 2.06. The van der Waals surface area contributed by atoms with E-state index < -0.39 is 0 Å². The molecular weight excluding hydrogens is 207 g/mol. The summed E-state index contributed by atoms with van der Waals surface area (Å²) in [4.78, 5) is 11.4. The first-order valence-electron chi connectivity index (χ1n) is 5.33. The quantitative estimate of drug-likeness (QED) is 0.795. The molecule has 88 valence electrons. The van der Waals surface area contributed by atoms with Gasteiger partial charge in [-0.05, 0) is 30.2 Å². The second-order valence-corrected chi connectivity index (χ2v) is 3.95.